The van der Waals surface area contributed by atoms with Gasteiger partial charge in [0.2, 0.25) is 5.91 Å². The molecule has 0 spiro atoms. The van der Waals surface area contributed by atoms with E-state index in [2.05, 4.69) is 47.6 Å². The van der Waals surface area contributed by atoms with Gasteiger partial charge in [-0.3, -0.25) is 9.69 Å². The maximum absolute atomic E-state index is 13.0. The molecule has 2 saturated heterocycles. The van der Waals surface area contributed by atoms with Crippen LogP contribution in [-0.2, 0) is 4.79 Å². The Labute approximate surface area is 172 Å². The highest BCUT2D eigenvalue weighted by Crippen LogP contribution is 2.34. The number of benzene rings is 1. The molecule has 1 aromatic heterocycles. The zero-order valence-corrected chi connectivity index (χ0v) is 18.2. The summed E-state index contributed by atoms with van der Waals surface area (Å²) in [4.78, 5) is 24.8. The maximum atomic E-state index is 13.0. The molecule has 3 heterocycles. The first-order valence-corrected chi connectivity index (χ1v) is 11.5. The second kappa shape index (κ2) is 8.37. The van der Waals surface area contributed by atoms with Gasteiger partial charge in [-0.25, -0.2) is 4.98 Å². The molecule has 28 heavy (non-hydrogen) atoms. The molecular weight excluding hydrogens is 368 g/mol. The second-order valence-corrected chi connectivity index (χ2v) is 9.36. The number of nitrogens with zero attached hydrogens (tertiary/aromatic N) is 4. The van der Waals surface area contributed by atoms with Gasteiger partial charge >= 0.3 is 0 Å². The number of aromatic nitrogens is 1. The number of piperazine rings is 1. The molecule has 5 nitrogen and oxygen atoms in total. The molecule has 1 aromatic carbocycles. The number of piperidine rings is 1. The number of carbonyl (C=O) groups is 1. The summed E-state index contributed by atoms with van der Waals surface area (Å²) in [5, 5.41) is 1.11. The van der Waals surface area contributed by atoms with Crippen molar-refractivity contribution >= 4 is 32.6 Å². The van der Waals surface area contributed by atoms with E-state index in [1.807, 2.05) is 0 Å². The molecule has 0 radical (unpaired) electrons. The van der Waals surface area contributed by atoms with Crippen molar-refractivity contribution in [1.82, 2.24) is 14.8 Å². The lowest BCUT2D eigenvalue weighted by Crippen LogP contribution is -2.51. The number of hydrogen-bond acceptors (Lipinski definition) is 5. The van der Waals surface area contributed by atoms with Gasteiger partial charge in [-0.15, -0.1) is 0 Å². The monoisotopic (exact) mass is 400 g/mol. The van der Waals surface area contributed by atoms with E-state index >= 15 is 0 Å². The van der Waals surface area contributed by atoms with Crippen LogP contribution in [0.4, 0.5) is 5.13 Å². The molecule has 0 saturated carbocycles. The number of rotatable bonds is 4. The number of anilines is 1. The molecular formula is C22H32N4OS. The maximum Gasteiger partial charge on any atom is 0.225 e. The molecule has 2 aromatic rings. The smallest absolute Gasteiger partial charge is 0.225 e. The van der Waals surface area contributed by atoms with Gasteiger partial charge in [0.25, 0.3) is 0 Å². The van der Waals surface area contributed by atoms with Crippen molar-refractivity contribution < 1.29 is 4.79 Å². The minimum atomic E-state index is 0.187. The standard InChI is InChI=1S/C22H32N4OS/c1-4-7-24-10-12-25(13-11-24)21(27)18-5-8-26(9-6-18)22-23-20-17(3)14-16(2)15-19(20)28-22/h14-15,18H,4-13H2,1-3H3. The molecule has 0 unspecified atom stereocenters. The lowest BCUT2D eigenvalue weighted by Gasteiger charge is -2.38. The van der Waals surface area contributed by atoms with Gasteiger partial charge in [-0.1, -0.05) is 24.3 Å². The first-order valence-electron chi connectivity index (χ1n) is 10.7. The summed E-state index contributed by atoms with van der Waals surface area (Å²) in [5.74, 6) is 0.568. The Morgan fingerprint density at radius 2 is 1.82 bits per heavy atom. The number of aryl methyl sites for hydroxylation is 2. The molecule has 4 rings (SSSR count). The summed E-state index contributed by atoms with van der Waals surface area (Å²) in [6.45, 7) is 13.4. The predicted molar refractivity (Wildman–Crippen MR) is 117 cm³/mol. The average molecular weight is 401 g/mol. The van der Waals surface area contributed by atoms with Gasteiger partial charge in [0.05, 0.1) is 10.2 Å². The molecule has 2 aliphatic rings. The summed E-state index contributed by atoms with van der Waals surface area (Å²) < 4.78 is 1.27. The van der Waals surface area contributed by atoms with Crippen LogP contribution in [0.1, 0.15) is 37.3 Å². The topological polar surface area (TPSA) is 39.7 Å². The van der Waals surface area contributed by atoms with E-state index < -0.39 is 0 Å². The Hall–Kier alpha value is -1.66. The Morgan fingerprint density at radius 1 is 1.11 bits per heavy atom. The number of fused-ring (bicyclic) bond motifs is 1. The summed E-state index contributed by atoms with van der Waals surface area (Å²) >= 11 is 1.79. The third-order valence-corrected chi connectivity index (χ3v) is 7.22. The van der Waals surface area contributed by atoms with E-state index in [-0.39, 0.29) is 5.92 Å². The van der Waals surface area contributed by atoms with Crippen molar-refractivity contribution in [3.63, 3.8) is 0 Å². The predicted octanol–water partition coefficient (Wildman–Crippen LogP) is 3.68. The van der Waals surface area contributed by atoms with Gasteiger partial charge < -0.3 is 9.80 Å². The number of thiazole rings is 1. The highest BCUT2D eigenvalue weighted by molar-refractivity contribution is 7.22. The zero-order chi connectivity index (χ0) is 19.7. The minimum absolute atomic E-state index is 0.187. The van der Waals surface area contributed by atoms with Crippen molar-refractivity contribution in [2.75, 3.05) is 50.7 Å². The quantitative estimate of drug-likeness (QED) is 0.785. The molecule has 0 aliphatic carbocycles. The molecule has 152 valence electrons. The minimum Gasteiger partial charge on any atom is -0.348 e. The lowest BCUT2D eigenvalue weighted by atomic mass is 9.95. The van der Waals surface area contributed by atoms with Crippen LogP contribution >= 0.6 is 11.3 Å². The second-order valence-electron chi connectivity index (χ2n) is 8.35. The van der Waals surface area contributed by atoms with Crippen LogP contribution in [0, 0.1) is 19.8 Å². The first-order chi connectivity index (χ1) is 13.5. The third-order valence-electron chi connectivity index (χ3n) is 6.16. The zero-order valence-electron chi connectivity index (χ0n) is 17.4. The summed E-state index contributed by atoms with van der Waals surface area (Å²) in [6, 6.07) is 4.44. The molecule has 6 heteroatoms. The van der Waals surface area contributed by atoms with Crippen molar-refractivity contribution in [2.24, 2.45) is 5.92 Å². The fourth-order valence-corrected chi connectivity index (χ4v) is 5.77. The summed E-state index contributed by atoms with van der Waals surface area (Å²) in [5.41, 5.74) is 3.68. The van der Waals surface area contributed by atoms with Crippen LogP contribution in [-0.4, -0.2) is 66.5 Å². The SMILES string of the molecule is CCCN1CCN(C(=O)C2CCN(c3nc4c(C)cc(C)cc4s3)CC2)CC1. The van der Waals surface area contributed by atoms with Gasteiger partial charge in [-0.2, -0.15) is 0 Å². The van der Waals surface area contributed by atoms with Crippen LogP contribution in [0.15, 0.2) is 12.1 Å². The molecule has 0 N–H and O–H groups in total. The summed E-state index contributed by atoms with van der Waals surface area (Å²) in [6.07, 6.45) is 3.08. The highest BCUT2D eigenvalue weighted by atomic mass is 32.1. The van der Waals surface area contributed by atoms with Crippen LogP contribution in [0.5, 0.6) is 0 Å². The first kappa shape index (κ1) is 19.6. The number of hydrogen-bond donors (Lipinski definition) is 0. The summed E-state index contributed by atoms with van der Waals surface area (Å²) in [7, 11) is 0. The third kappa shape index (κ3) is 4.03. The molecule has 0 atom stereocenters. The lowest BCUT2D eigenvalue weighted by molar-refractivity contribution is -0.138. The largest absolute Gasteiger partial charge is 0.348 e. The molecule has 0 bridgehead atoms. The van der Waals surface area contributed by atoms with Crippen LogP contribution in [0.2, 0.25) is 0 Å². The highest BCUT2D eigenvalue weighted by Gasteiger charge is 2.31. The normalized spacial score (nSPS) is 19.5. The van der Waals surface area contributed by atoms with E-state index in [9.17, 15) is 4.79 Å². The van der Waals surface area contributed by atoms with E-state index in [1.165, 1.54) is 22.2 Å². The number of amides is 1. The van der Waals surface area contributed by atoms with Crippen LogP contribution < -0.4 is 4.90 Å². The molecule has 1 amide bonds. The van der Waals surface area contributed by atoms with Gasteiger partial charge in [0, 0.05) is 45.2 Å². The fraction of sp³-hybridized carbons (Fsp3) is 0.636. The number of carbonyl (C=O) groups excluding carboxylic acids is 1. The average Bonchev–Trinajstić information content (AvgIpc) is 3.13. The van der Waals surface area contributed by atoms with E-state index in [0.717, 1.165) is 69.3 Å². The Balaban J connectivity index is 1.35. The van der Waals surface area contributed by atoms with Gasteiger partial charge in [0.15, 0.2) is 5.13 Å². The molecule has 2 aliphatic heterocycles. The van der Waals surface area contributed by atoms with Gasteiger partial charge in [0.1, 0.15) is 0 Å². The van der Waals surface area contributed by atoms with Crippen molar-refractivity contribution in [1.29, 1.82) is 0 Å². The Bertz CT molecular complexity index is 832. The van der Waals surface area contributed by atoms with E-state index in [4.69, 9.17) is 4.98 Å². The van der Waals surface area contributed by atoms with Crippen molar-refractivity contribution in [3.05, 3.63) is 23.3 Å². The van der Waals surface area contributed by atoms with Crippen LogP contribution in [0.25, 0.3) is 10.2 Å². The van der Waals surface area contributed by atoms with Gasteiger partial charge in [-0.05, 0) is 56.8 Å². The fourth-order valence-electron chi connectivity index (χ4n) is 4.58. The molecule has 2 fully saturated rings. The Kier molecular flexibility index (Phi) is 5.88. The van der Waals surface area contributed by atoms with Crippen LogP contribution in [0.3, 0.4) is 0 Å². The van der Waals surface area contributed by atoms with E-state index in [0.29, 0.717) is 5.91 Å². The van der Waals surface area contributed by atoms with E-state index in [1.54, 1.807) is 11.3 Å². The Morgan fingerprint density at radius 3 is 2.50 bits per heavy atom. The van der Waals surface area contributed by atoms with Crippen molar-refractivity contribution in [3.8, 4) is 0 Å². The van der Waals surface area contributed by atoms with Crippen molar-refractivity contribution in [2.45, 2.75) is 40.0 Å².